The number of halogens is 2. The number of benzene rings is 3. The maximum atomic E-state index is 13.9. The Morgan fingerprint density at radius 3 is 2.32 bits per heavy atom. The standard InChI is InChI=1S/C27H24F2N2O3/c1-16-25(32)20-15-18(7-10-23(20)34-27(16)11-13-30-14-12-27)17-5-8-19(9-6-17)31-26(33)24-21(28)3-2-4-22(24)29/h2-10,15-16,30H,11-14H2,1H3,(H,31,33)/t16-/m0/s1. The highest BCUT2D eigenvalue weighted by Crippen LogP contribution is 2.43. The number of Topliss-reactive ketones (excluding diaryl/α,β-unsaturated/α-hetero) is 1. The van der Waals surface area contributed by atoms with Gasteiger partial charge in [0, 0.05) is 18.5 Å². The molecule has 2 N–H and O–H groups in total. The van der Waals surface area contributed by atoms with Crippen LogP contribution in [0.15, 0.2) is 60.7 Å². The Labute approximate surface area is 196 Å². The zero-order valence-electron chi connectivity index (χ0n) is 18.7. The van der Waals surface area contributed by atoms with Crippen LogP contribution in [0.2, 0.25) is 0 Å². The van der Waals surface area contributed by atoms with E-state index in [4.69, 9.17) is 4.74 Å². The molecule has 0 aromatic heterocycles. The lowest BCUT2D eigenvalue weighted by atomic mass is 9.74. The maximum Gasteiger partial charge on any atom is 0.261 e. The van der Waals surface area contributed by atoms with Crippen molar-refractivity contribution in [2.45, 2.75) is 25.4 Å². The van der Waals surface area contributed by atoms with E-state index < -0.39 is 28.7 Å². The van der Waals surface area contributed by atoms with E-state index in [0.717, 1.165) is 49.2 Å². The van der Waals surface area contributed by atoms with Gasteiger partial charge in [-0.15, -0.1) is 0 Å². The second kappa shape index (κ2) is 8.65. The lowest BCUT2D eigenvalue weighted by Crippen LogP contribution is -2.55. The van der Waals surface area contributed by atoms with Gasteiger partial charge in [0.2, 0.25) is 0 Å². The molecule has 34 heavy (non-hydrogen) atoms. The zero-order chi connectivity index (χ0) is 23.9. The predicted molar refractivity (Wildman–Crippen MR) is 125 cm³/mol. The van der Waals surface area contributed by atoms with Crippen LogP contribution in [0.1, 0.15) is 40.5 Å². The van der Waals surface area contributed by atoms with Gasteiger partial charge >= 0.3 is 0 Å². The number of carbonyl (C=O) groups excluding carboxylic acids is 2. The summed E-state index contributed by atoms with van der Waals surface area (Å²) >= 11 is 0. The Bertz CT molecular complexity index is 1250. The number of nitrogens with one attached hydrogen (secondary N) is 2. The molecule has 0 bridgehead atoms. The summed E-state index contributed by atoms with van der Waals surface area (Å²) < 4.78 is 34.1. The Kier molecular flexibility index (Phi) is 5.65. The van der Waals surface area contributed by atoms with Gasteiger partial charge in [0.05, 0.1) is 11.5 Å². The molecule has 5 nitrogen and oxygen atoms in total. The second-order valence-electron chi connectivity index (χ2n) is 8.84. The number of ketones is 1. The van der Waals surface area contributed by atoms with Crippen LogP contribution >= 0.6 is 0 Å². The fourth-order valence-corrected chi connectivity index (χ4v) is 4.81. The van der Waals surface area contributed by atoms with E-state index in [-0.39, 0.29) is 11.7 Å². The largest absolute Gasteiger partial charge is 0.486 e. The van der Waals surface area contributed by atoms with Gasteiger partial charge in [-0.1, -0.05) is 31.2 Å². The number of hydrogen-bond acceptors (Lipinski definition) is 4. The molecule has 1 spiro atoms. The normalized spacial score (nSPS) is 18.8. The minimum atomic E-state index is -0.921. The first-order chi connectivity index (χ1) is 16.4. The molecular weight excluding hydrogens is 438 g/mol. The number of carbonyl (C=O) groups is 2. The number of hydrogen-bond donors (Lipinski definition) is 2. The lowest BCUT2D eigenvalue weighted by molar-refractivity contribution is -0.0152. The van der Waals surface area contributed by atoms with Crippen molar-refractivity contribution in [2.75, 3.05) is 18.4 Å². The molecule has 1 amide bonds. The van der Waals surface area contributed by atoms with E-state index in [1.54, 1.807) is 24.3 Å². The molecule has 0 unspecified atom stereocenters. The van der Waals surface area contributed by atoms with Gasteiger partial charge in [-0.2, -0.15) is 0 Å². The Hall–Kier alpha value is -3.58. The molecule has 0 aliphatic carbocycles. The van der Waals surface area contributed by atoms with Crippen LogP contribution in [0, 0.1) is 17.6 Å². The van der Waals surface area contributed by atoms with Crippen LogP contribution in [0.25, 0.3) is 11.1 Å². The Balaban J connectivity index is 1.37. The van der Waals surface area contributed by atoms with Gasteiger partial charge in [0.25, 0.3) is 5.91 Å². The number of rotatable bonds is 3. The van der Waals surface area contributed by atoms with Crippen molar-refractivity contribution in [3.8, 4) is 16.9 Å². The van der Waals surface area contributed by atoms with Gasteiger partial charge < -0.3 is 15.4 Å². The summed E-state index contributed by atoms with van der Waals surface area (Å²) in [5.74, 6) is -2.23. The summed E-state index contributed by atoms with van der Waals surface area (Å²) in [6, 6.07) is 15.7. The third-order valence-electron chi connectivity index (χ3n) is 6.86. The summed E-state index contributed by atoms with van der Waals surface area (Å²) in [5.41, 5.74) is 1.56. The van der Waals surface area contributed by atoms with Crippen LogP contribution in [0.4, 0.5) is 14.5 Å². The van der Waals surface area contributed by atoms with Crippen molar-refractivity contribution < 1.29 is 23.1 Å². The number of ether oxygens (including phenoxy) is 1. The van der Waals surface area contributed by atoms with Crippen molar-refractivity contribution in [2.24, 2.45) is 5.92 Å². The number of fused-ring (bicyclic) bond motifs is 1. The highest BCUT2D eigenvalue weighted by molar-refractivity contribution is 6.05. The third-order valence-corrected chi connectivity index (χ3v) is 6.86. The van der Waals surface area contributed by atoms with Crippen molar-refractivity contribution in [3.63, 3.8) is 0 Å². The van der Waals surface area contributed by atoms with Crippen LogP contribution in [-0.4, -0.2) is 30.4 Å². The van der Waals surface area contributed by atoms with E-state index in [9.17, 15) is 18.4 Å². The first-order valence-electron chi connectivity index (χ1n) is 11.3. The molecule has 0 saturated carbocycles. The Morgan fingerprint density at radius 2 is 1.65 bits per heavy atom. The molecular formula is C27H24F2N2O3. The molecule has 3 aromatic carbocycles. The van der Waals surface area contributed by atoms with Gasteiger partial charge in [-0.25, -0.2) is 8.78 Å². The highest BCUT2D eigenvalue weighted by atomic mass is 19.1. The average molecular weight is 462 g/mol. The zero-order valence-corrected chi connectivity index (χ0v) is 18.7. The quantitative estimate of drug-likeness (QED) is 0.560. The minimum Gasteiger partial charge on any atom is -0.486 e. The second-order valence-corrected chi connectivity index (χ2v) is 8.84. The third kappa shape index (κ3) is 3.86. The summed E-state index contributed by atoms with van der Waals surface area (Å²) in [6.07, 6.45) is 1.59. The SMILES string of the molecule is C[C@H]1C(=O)c2cc(-c3ccc(NC(=O)c4c(F)cccc4F)cc3)ccc2OC12CCNCC2. The molecule has 0 radical (unpaired) electrons. The van der Waals surface area contributed by atoms with Gasteiger partial charge in [-0.05, 0) is 60.6 Å². The van der Waals surface area contributed by atoms with Crippen molar-refractivity contribution in [3.05, 3.63) is 83.4 Å². The minimum absolute atomic E-state index is 0.0841. The van der Waals surface area contributed by atoms with E-state index >= 15 is 0 Å². The van der Waals surface area contributed by atoms with Crippen molar-refractivity contribution >= 4 is 17.4 Å². The first-order valence-corrected chi connectivity index (χ1v) is 11.3. The average Bonchev–Trinajstić information content (AvgIpc) is 2.84. The summed E-state index contributed by atoms with van der Waals surface area (Å²) in [6.45, 7) is 3.61. The summed E-state index contributed by atoms with van der Waals surface area (Å²) in [4.78, 5) is 25.5. The summed E-state index contributed by atoms with van der Waals surface area (Å²) in [5, 5.41) is 5.84. The van der Waals surface area contributed by atoms with Crippen molar-refractivity contribution in [1.29, 1.82) is 0 Å². The number of anilines is 1. The molecule has 174 valence electrons. The molecule has 1 saturated heterocycles. The van der Waals surface area contributed by atoms with Crippen molar-refractivity contribution in [1.82, 2.24) is 5.32 Å². The lowest BCUT2D eigenvalue weighted by Gasteiger charge is -2.45. The van der Waals surface area contributed by atoms with Crippen LogP contribution in [0.3, 0.4) is 0 Å². The monoisotopic (exact) mass is 462 g/mol. The fourth-order valence-electron chi connectivity index (χ4n) is 4.81. The maximum absolute atomic E-state index is 13.9. The topological polar surface area (TPSA) is 67.4 Å². The molecule has 3 aromatic rings. The van der Waals surface area contributed by atoms with E-state index in [1.165, 1.54) is 6.07 Å². The van der Waals surface area contributed by atoms with E-state index in [1.807, 2.05) is 25.1 Å². The van der Waals surface area contributed by atoms with E-state index in [2.05, 4.69) is 10.6 Å². The molecule has 1 fully saturated rings. The molecule has 2 heterocycles. The van der Waals surface area contributed by atoms with Gasteiger partial charge in [0.1, 0.15) is 28.5 Å². The fraction of sp³-hybridized carbons (Fsp3) is 0.259. The van der Waals surface area contributed by atoms with Crippen LogP contribution in [-0.2, 0) is 0 Å². The van der Waals surface area contributed by atoms with E-state index in [0.29, 0.717) is 17.0 Å². The molecule has 7 heteroatoms. The van der Waals surface area contributed by atoms with Gasteiger partial charge in [0.15, 0.2) is 5.78 Å². The molecule has 2 aliphatic heterocycles. The van der Waals surface area contributed by atoms with Crippen LogP contribution < -0.4 is 15.4 Å². The number of amides is 1. The first kappa shape index (κ1) is 22.2. The molecule has 1 atom stereocenters. The predicted octanol–water partition coefficient (Wildman–Crippen LogP) is 5.22. The molecule has 2 aliphatic rings. The van der Waals surface area contributed by atoms with Gasteiger partial charge in [-0.3, -0.25) is 9.59 Å². The molecule has 5 rings (SSSR count). The summed E-state index contributed by atoms with van der Waals surface area (Å²) in [7, 11) is 0. The smallest absolute Gasteiger partial charge is 0.261 e. The highest BCUT2D eigenvalue weighted by Gasteiger charge is 2.47. The number of piperidine rings is 1. The Morgan fingerprint density at radius 1 is 1.00 bits per heavy atom. The van der Waals surface area contributed by atoms with Crippen LogP contribution in [0.5, 0.6) is 5.75 Å².